The lowest BCUT2D eigenvalue weighted by atomic mass is 10.0. The van der Waals surface area contributed by atoms with Gasteiger partial charge >= 0.3 is 0 Å². The number of benzene rings is 1. The molecule has 1 aromatic carbocycles. The third-order valence-electron chi connectivity index (χ3n) is 4.34. The molecule has 0 saturated heterocycles. The molecule has 1 amide bonds. The Morgan fingerprint density at radius 1 is 1.48 bits per heavy atom. The highest BCUT2D eigenvalue weighted by molar-refractivity contribution is 5.83. The van der Waals surface area contributed by atoms with Crippen LogP contribution < -0.4 is 5.32 Å². The summed E-state index contributed by atoms with van der Waals surface area (Å²) in [5.41, 5.74) is 1.23. The van der Waals surface area contributed by atoms with Gasteiger partial charge in [0.15, 0.2) is 0 Å². The van der Waals surface area contributed by atoms with Gasteiger partial charge in [0.2, 0.25) is 5.91 Å². The first kappa shape index (κ1) is 15.6. The van der Waals surface area contributed by atoms with Crippen molar-refractivity contribution in [3.05, 3.63) is 53.4 Å². The number of hydrogen-bond acceptors (Lipinski definition) is 2. The standard InChI is InChI=1S/C17H19F2N3O/c1-3-16(14-6-11(18)4-5-15(14)19)21-17(23)13-7-12(13)10-8-20-22(2)9-10/h4-6,8-9,12-13,16H,3,7H2,1-2H3,(H,21,23)/t12-,13+,16+/m1/s1. The van der Waals surface area contributed by atoms with Crippen LogP contribution in [0.1, 0.15) is 42.9 Å². The maximum atomic E-state index is 13.9. The predicted octanol–water partition coefficient (Wildman–Crippen LogP) is 3.07. The first-order valence-corrected chi connectivity index (χ1v) is 7.73. The van der Waals surface area contributed by atoms with Gasteiger partial charge in [-0.1, -0.05) is 6.92 Å². The Morgan fingerprint density at radius 2 is 2.26 bits per heavy atom. The minimum Gasteiger partial charge on any atom is -0.349 e. The van der Waals surface area contributed by atoms with E-state index in [-0.39, 0.29) is 23.3 Å². The van der Waals surface area contributed by atoms with Gasteiger partial charge in [0, 0.05) is 24.7 Å². The summed E-state index contributed by atoms with van der Waals surface area (Å²) in [6.07, 6.45) is 4.93. The summed E-state index contributed by atoms with van der Waals surface area (Å²) >= 11 is 0. The van der Waals surface area contributed by atoms with Gasteiger partial charge in [0.05, 0.1) is 12.2 Å². The Labute approximate surface area is 133 Å². The van der Waals surface area contributed by atoms with Gasteiger partial charge in [0.1, 0.15) is 11.6 Å². The monoisotopic (exact) mass is 319 g/mol. The Hall–Kier alpha value is -2.24. The largest absolute Gasteiger partial charge is 0.349 e. The highest BCUT2D eigenvalue weighted by Gasteiger charge is 2.45. The number of nitrogens with zero attached hydrogens (tertiary/aromatic N) is 2. The molecule has 0 unspecified atom stereocenters. The van der Waals surface area contributed by atoms with Crippen molar-refractivity contribution in [2.45, 2.75) is 31.7 Å². The Morgan fingerprint density at radius 3 is 2.91 bits per heavy atom. The van der Waals surface area contributed by atoms with E-state index in [2.05, 4.69) is 10.4 Å². The predicted molar refractivity (Wildman–Crippen MR) is 81.6 cm³/mol. The van der Waals surface area contributed by atoms with Crippen molar-refractivity contribution in [3.63, 3.8) is 0 Å². The number of halogens is 2. The Bertz CT molecular complexity index is 728. The second-order valence-electron chi connectivity index (χ2n) is 6.03. The van der Waals surface area contributed by atoms with E-state index in [1.54, 1.807) is 10.9 Å². The average molecular weight is 319 g/mol. The zero-order chi connectivity index (χ0) is 16.6. The van der Waals surface area contributed by atoms with Gasteiger partial charge in [-0.2, -0.15) is 5.10 Å². The van der Waals surface area contributed by atoms with Gasteiger partial charge in [0.25, 0.3) is 0 Å². The number of aromatic nitrogens is 2. The molecular weight excluding hydrogens is 300 g/mol. The molecule has 0 radical (unpaired) electrons. The average Bonchev–Trinajstić information content (AvgIpc) is 3.22. The summed E-state index contributed by atoms with van der Waals surface area (Å²) in [6, 6.07) is 2.80. The third-order valence-corrected chi connectivity index (χ3v) is 4.34. The van der Waals surface area contributed by atoms with E-state index in [1.807, 2.05) is 20.2 Å². The molecular formula is C17H19F2N3O. The van der Waals surface area contributed by atoms with Gasteiger partial charge in [-0.15, -0.1) is 0 Å². The van der Waals surface area contributed by atoms with E-state index in [1.165, 1.54) is 0 Å². The van der Waals surface area contributed by atoms with Gasteiger partial charge in [-0.25, -0.2) is 8.78 Å². The minimum absolute atomic E-state index is 0.116. The van der Waals surface area contributed by atoms with Gasteiger partial charge < -0.3 is 5.32 Å². The molecule has 4 nitrogen and oxygen atoms in total. The maximum Gasteiger partial charge on any atom is 0.224 e. The second kappa shape index (κ2) is 6.10. The fourth-order valence-electron chi connectivity index (χ4n) is 2.94. The molecule has 23 heavy (non-hydrogen) atoms. The second-order valence-corrected chi connectivity index (χ2v) is 6.03. The number of nitrogens with one attached hydrogen (secondary N) is 1. The first-order valence-electron chi connectivity index (χ1n) is 7.73. The molecule has 6 heteroatoms. The Kier molecular flexibility index (Phi) is 4.15. The van der Waals surface area contributed by atoms with E-state index >= 15 is 0 Å². The topological polar surface area (TPSA) is 46.9 Å². The molecule has 1 heterocycles. The van der Waals surface area contributed by atoms with E-state index in [4.69, 9.17) is 0 Å². The third kappa shape index (κ3) is 3.25. The van der Waals surface area contributed by atoms with Crippen molar-refractivity contribution < 1.29 is 13.6 Å². The lowest BCUT2D eigenvalue weighted by molar-refractivity contribution is -0.123. The van der Waals surface area contributed by atoms with Crippen molar-refractivity contribution in [3.8, 4) is 0 Å². The zero-order valence-electron chi connectivity index (χ0n) is 13.1. The summed E-state index contributed by atoms with van der Waals surface area (Å²) in [7, 11) is 1.83. The molecule has 1 fully saturated rings. The summed E-state index contributed by atoms with van der Waals surface area (Å²) in [6.45, 7) is 1.83. The molecule has 3 rings (SSSR count). The van der Waals surface area contributed by atoms with Crippen molar-refractivity contribution >= 4 is 5.91 Å². The fourth-order valence-corrected chi connectivity index (χ4v) is 2.94. The summed E-state index contributed by atoms with van der Waals surface area (Å²) in [5, 5.41) is 6.96. The van der Waals surface area contributed by atoms with Gasteiger partial charge in [-0.05, 0) is 42.5 Å². The normalized spacial score (nSPS) is 21.0. The number of carbonyl (C=O) groups excluding carboxylic acids is 1. The van der Waals surface area contributed by atoms with E-state index in [9.17, 15) is 13.6 Å². The van der Waals surface area contributed by atoms with Crippen molar-refractivity contribution in [1.29, 1.82) is 0 Å². The first-order chi connectivity index (χ1) is 11.0. The van der Waals surface area contributed by atoms with Crippen LogP contribution in [0.3, 0.4) is 0 Å². The van der Waals surface area contributed by atoms with Crippen molar-refractivity contribution in [2.75, 3.05) is 0 Å². The van der Waals surface area contributed by atoms with Crippen LogP contribution in [-0.4, -0.2) is 15.7 Å². The molecule has 3 atom stereocenters. The lowest BCUT2D eigenvalue weighted by Crippen LogP contribution is -2.30. The molecule has 0 bridgehead atoms. The molecule has 1 aliphatic rings. The highest BCUT2D eigenvalue weighted by Crippen LogP contribution is 2.47. The van der Waals surface area contributed by atoms with Gasteiger partial charge in [-0.3, -0.25) is 9.48 Å². The molecule has 1 N–H and O–H groups in total. The fraction of sp³-hybridized carbons (Fsp3) is 0.412. The van der Waals surface area contributed by atoms with Crippen LogP contribution in [-0.2, 0) is 11.8 Å². The summed E-state index contributed by atoms with van der Waals surface area (Å²) < 4.78 is 28.9. The molecule has 122 valence electrons. The molecule has 1 saturated carbocycles. The summed E-state index contributed by atoms with van der Waals surface area (Å²) in [4.78, 5) is 12.4. The maximum absolute atomic E-state index is 13.9. The number of carbonyl (C=O) groups is 1. The van der Waals surface area contributed by atoms with E-state index < -0.39 is 17.7 Å². The van der Waals surface area contributed by atoms with Crippen molar-refractivity contribution in [1.82, 2.24) is 15.1 Å². The number of amides is 1. The van der Waals surface area contributed by atoms with E-state index in [0.717, 1.165) is 30.2 Å². The number of hydrogen-bond donors (Lipinski definition) is 1. The van der Waals surface area contributed by atoms with Crippen LogP contribution in [0.5, 0.6) is 0 Å². The SMILES string of the molecule is CC[C@H](NC(=O)[C@H]1C[C@@H]1c1cnn(C)c1)c1cc(F)ccc1F. The smallest absolute Gasteiger partial charge is 0.224 e. The summed E-state index contributed by atoms with van der Waals surface area (Å²) in [5.74, 6) is -1.08. The number of rotatable bonds is 5. The van der Waals surface area contributed by atoms with Crippen LogP contribution in [0.15, 0.2) is 30.6 Å². The molecule has 0 spiro atoms. The van der Waals surface area contributed by atoms with Crippen molar-refractivity contribution in [2.24, 2.45) is 13.0 Å². The quantitative estimate of drug-likeness (QED) is 0.920. The van der Waals surface area contributed by atoms with Crippen LogP contribution >= 0.6 is 0 Å². The Balaban J connectivity index is 1.68. The lowest BCUT2D eigenvalue weighted by Gasteiger charge is -2.18. The van der Waals surface area contributed by atoms with E-state index in [0.29, 0.717) is 6.42 Å². The molecule has 1 aliphatic carbocycles. The zero-order valence-corrected chi connectivity index (χ0v) is 13.1. The molecule has 2 aromatic rings. The molecule has 1 aromatic heterocycles. The van der Waals surface area contributed by atoms with Crippen LogP contribution in [0.2, 0.25) is 0 Å². The van der Waals surface area contributed by atoms with Crippen LogP contribution in [0.25, 0.3) is 0 Å². The minimum atomic E-state index is -0.520. The highest BCUT2D eigenvalue weighted by atomic mass is 19.1. The van der Waals surface area contributed by atoms with Crippen LogP contribution in [0.4, 0.5) is 8.78 Å². The molecule has 0 aliphatic heterocycles. The number of aryl methyl sites for hydroxylation is 1. The van der Waals surface area contributed by atoms with Crippen LogP contribution in [0, 0.1) is 17.6 Å².